The first kappa shape index (κ1) is 9.86. The second-order valence-corrected chi connectivity index (χ2v) is 5.12. The van der Waals surface area contributed by atoms with E-state index in [9.17, 15) is 0 Å². The third-order valence-electron chi connectivity index (χ3n) is 4.47. The topological polar surface area (TPSA) is 18.5 Å². The molecule has 3 rings (SSSR count). The molecule has 0 spiro atoms. The van der Waals surface area contributed by atoms with Gasteiger partial charge in [-0.3, -0.25) is 0 Å². The van der Waals surface area contributed by atoms with Gasteiger partial charge in [-0.2, -0.15) is 0 Å². The number of ether oxygens (including phenoxy) is 2. The summed E-state index contributed by atoms with van der Waals surface area (Å²) in [5.41, 5.74) is 0. The molecule has 0 radical (unpaired) electrons. The maximum absolute atomic E-state index is 6.20. The van der Waals surface area contributed by atoms with Gasteiger partial charge < -0.3 is 9.47 Å². The lowest BCUT2D eigenvalue weighted by Crippen LogP contribution is -2.41. The maximum Gasteiger partial charge on any atom is 0.171 e. The lowest BCUT2D eigenvalue weighted by molar-refractivity contribution is -0.237. The first-order chi connectivity index (χ1) is 7.36. The van der Waals surface area contributed by atoms with Crippen LogP contribution in [0.1, 0.15) is 38.5 Å². The third kappa shape index (κ3) is 1.38. The molecule has 2 nitrogen and oxygen atoms in total. The summed E-state index contributed by atoms with van der Waals surface area (Å²) < 4.78 is 11.9. The van der Waals surface area contributed by atoms with E-state index >= 15 is 0 Å². The van der Waals surface area contributed by atoms with Crippen LogP contribution in [0.15, 0.2) is 12.2 Å². The van der Waals surface area contributed by atoms with Crippen LogP contribution < -0.4 is 0 Å². The summed E-state index contributed by atoms with van der Waals surface area (Å²) in [6, 6.07) is 0. The molecule has 2 aliphatic carbocycles. The Morgan fingerprint density at radius 3 is 3.13 bits per heavy atom. The first-order valence-electron chi connectivity index (χ1n) is 6.25. The Kier molecular flexibility index (Phi) is 2.37. The van der Waals surface area contributed by atoms with E-state index in [0.717, 1.165) is 12.3 Å². The molecule has 4 atom stereocenters. The fourth-order valence-electron chi connectivity index (χ4n) is 3.74. The summed E-state index contributed by atoms with van der Waals surface area (Å²) in [5, 5.41) is 0. The molecule has 0 N–H and O–H groups in total. The molecule has 0 aromatic rings. The fourth-order valence-corrected chi connectivity index (χ4v) is 3.74. The number of fused-ring (bicyclic) bond motifs is 3. The Hall–Kier alpha value is -0.340. The van der Waals surface area contributed by atoms with Gasteiger partial charge in [-0.05, 0) is 31.6 Å². The van der Waals surface area contributed by atoms with Gasteiger partial charge in [0.15, 0.2) is 5.79 Å². The average molecular weight is 208 g/mol. The van der Waals surface area contributed by atoms with Crippen molar-refractivity contribution in [3.05, 3.63) is 12.2 Å². The molecule has 2 heteroatoms. The minimum atomic E-state index is -0.234. The SMILES string of the molecule is CO[C@@]12CCCC[C@@H]1[C@@H]1CCC=C[C@@H]1O2. The number of hydrogen-bond acceptors (Lipinski definition) is 2. The summed E-state index contributed by atoms with van der Waals surface area (Å²) >= 11 is 0. The molecule has 84 valence electrons. The molecule has 1 saturated carbocycles. The summed E-state index contributed by atoms with van der Waals surface area (Å²) in [6.07, 6.45) is 12.4. The van der Waals surface area contributed by atoms with E-state index in [2.05, 4.69) is 12.2 Å². The van der Waals surface area contributed by atoms with Crippen LogP contribution in [0.2, 0.25) is 0 Å². The van der Waals surface area contributed by atoms with Crippen molar-refractivity contribution in [2.45, 2.75) is 50.4 Å². The number of methoxy groups -OCH3 is 1. The van der Waals surface area contributed by atoms with Gasteiger partial charge in [0.1, 0.15) is 0 Å². The van der Waals surface area contributed by atoms with Crippen molar-refractivity contribution in [3.63, 3.8) is 0 Å². The average Bonchev–Trinajstić information content (AvgIpc) is 2.64. The monoisotopic (exact) mass is 208 g/mol. The predicted octanol–water partition coefficient (Wildman–Crippen LogP) is 2.88. The smallest absolute Gasteiger partial charge is 0.171 e. The summed E-state index contributed by atoms with van der Waals surface area (Å²) in [6.45, 7) is 0. The van der Waals surface area contributed by atoms with Crippen molar-refractivity contribution in [1.29, 1.82) is 0 Å². The summed E-state index contributed by atoms with van der Waals surface area (Å²) in [5.74, 6) is 1.13. The molecule has 0 amide bonds. The van der Waals surface area contributed by atoms with Crippen molar-refractivity contribution >= 4 is 0 Å². The lowest BCUT2D eigenvalue weighted by atomic mass is 9.73. The minimum Gasteiger partial charge on any atom is -0.353 e. The fraction of sp³-hybridized carbons (Fsp3) is 0.846. The van der Waals surface area contributed by atoms with E-state index < -0.39 is 0 Å². The van der Waals surface area contributed by atoms with Crippen LogP contribution in [0.5, 0.6) is 0 Å². The van der Waals surface area contributed by atoms with Gasteiger partial charge in [-0.25, -0.2) is 0 Å². The van der Waals surface area contributed by atoms with Crippen LogP contribution in [-0.4, -0.2) is 19.0 Å². The molecule has 1 saturated heterocycles. The van der Waals surface area contributed by atoms with Gasteiger partial charge in [0.25, 0.3) is 0 Å². The Morgan fingerprint density at radius 1 is 1.33 bits per heavy atom. The Balaban J connectivity index is 1.90. The summed E-state index contributed by atoms with van der Waals surface area (Å²) in [4.78, 5) is 0. The zero-order valence-electron chi connectivity index (χ0n) is 9.45. The molecule has 0 unspecified atom stereocenters. The highest BCUT2D eigenvalue weighted by atomic mass is 16.7. The molecule has 3 aliphatic rings. The Labute approximate surface area is 91.6 Å². The highest BCUT2D eigenvalue weighted by Gasteiger charge is 2.55. The molecule has 0 aromatic heterocycles. The van der Waals surface area contributed by atoms with Gasteiger partial charge in [-0.15, -0.1) is 0 Å². The van der Waals surface area contributed by atoms with Crippen molar-refractivity contribution < 1.29 is 9.47 Å². The van der Waals surface area contributed by atoms with Gasteiger partial charge in [0.05, 0.1) is 6.10 Å². The first-order valence-corrected chi connectivity index (χ1v) is 6.25. The largest absolute Gasteiger partial charge is 0.353 e. The highest BCUT2D eigenvalue weighted by Crippen LogP contribution is 2.52. The molecule has 2 fully saturated rings. The van der Waals surface area contributed by atoms with E-state index in [1.54, 1.807) is 0 Å². The van der Waals surface area contributed by atoms with E-state index in [1.165, 1.54) is 32.1 Å². The molecular formula is C13H20O2. The van der Waals surface area contributed by atoms with Gasteiger partial charge in [0.2, 0.25) is 0 Å². The zero-order chi connectivity index (χ0) is 10.3. The molecule has 1 heterocycles. The summed E-state index contributed by atoms with van der Waals surface area (Å²) in [7, 11) is 1.82. The van der Waals surface area contributed by atoms with Gasteiger partial charge in [0, 0.05) is 19.4 Å². The number of allylic oxidation sites excluding steroid dienone is 1. The van der Waals surface area contributed by atoms with Crippen molar-refractivity contribution in [2.24, 2.45) is 11.8 Å². The van der Waals surface area contributed by atoms with Crippen LogP contribution in [0, 0.1) is 11.8 Å². The van der Waals surface area contributed by atoms with Crippen LogP contribution in [0.3, 0.4) is 0 Å². The quantitative estimate of drug-likeness (QED) is 0.617. The van der Waals surface area contributed by atoms with Crippen molar-refractivity contribution in [2.75, 3.05) is 7.11 Å². The van der Waals surface area contributed by atoms with E-state index in [0.29, 0.717) is 12.0 Å². The van der Waals surface area contributed by atoms with Crippen LogP contribution in [0.4, 0.5) is 0 Å². The van der Waals surface area contributed by atoms with E-state index in [-0.39, 0.29) is 5.79 Å². The molecule has 15 heavy (non-hydrogen) atoms. The van der Waals surface area contributed by atoms with Crippen LogP contribution >= 0.6 is 0 Å². The predicted molar refractivity (Wildman–Crippen MR) is 58.4 cm³/mol. The molecule has 0 bridgehead atoms. The van der Waals surface area contributed by atoms with Gasteiger partial charge >= 0.3 is 0 Å². The van der Waals surface area contributed by atoms with E-state index in [4.69, 9.17) is 9.47 Å². The van der Waals surface area contributed by atoms with Crippen molar-refractivity contribution in [1.82, 2.24) is 0 Å². The number of rotatable bonds is 1. The maximum atomic E-state index is 6.20. The van der Waals surface area contributed by atoms with E-state index in [1.807, 2.05) is 7.11 Å². The second-order valence-electron chi connectivity index (χ2n) is 5.12. The molecular weight excluding hydrogens is 188 g/mol. The Bertz CT molecular complexity index is 274. The van der Waals surface area contributed by atoms with Gasteiger partial charge in [-0.1, -0.05) is 18.6 Å². The normalized spacial score (nSPS) is 48.7. The zero-order valence-corrected chi connectivity index (χ0v) is 9.45. The van der Waals surface area contributed by atoms with Crippen LogP contribution in [0.25, 0.3) is 0 Å². The third-order valence-corrected chi connectivity index (χ3v) is 4.47. The van der Waals surface area contributed by atoms with Crippen LogP contribution in [-0.2, 0) is 9.47 Å². The highest BCUT2D eigenvalue weighted by molar-refractivity contribution is 5.08. The molecule has 1 aliphatic heterocycles. The number of hydrogen-bond donors (Lipinski definition) is 0. The standard InChI is InChI=1S/C13H20O2/c1-14-13-9-5-4-7-11(13)10-6-2-3-8-12(10)15-13/h3,8,10-12H,2,4-7,9H2,1H3/t10-,11+,12-,13+/m0/s1. The lowest BCUT2D eigenvalue weighted by Gasteiger charge is -2.38. The second kappa shape index (κ2) is 3.60. The Morgan fingerprint density at radius 2 is 2.27 bits per heavy atom. The van der Waals surface area contributed by atoms with Crippen molar-refractivity contribution in [3.8, 4) is 0 Å². The molecule has 0 aromatic carbocycles. The minimum absolute atomic E-state index is 0.234.